The van der Waals surface area contributed by atoms with Gasteiger partial charge in [0.1, 0.15) is 5.75 Å². The molecule has 0 bridgehead atoms. The molecule has 1 aliphatic rings. The third-order valence-corrected chi connectivity index (χ3v) is 4.23. The van der Waals surface area contributed by atoms with Gasteiger partial charge in [-0.1, -0.05) is 37.8 Å². The van der Waals surface area contributed by atoms with E-state index in [1.54, 1.807) is 6.21 Å². The molecule has 112 valence electrons. The van der Waals surface area contributed by atoms with Gasteiger partial charge in [-0.05, 0) is 42.2 Å². The van der Waals surface area contributed by atoms with Crippen LogP contribution in [0.3, 0.4) is 0 Å². The van der Waals surface area contributed by atoms with E-state index >= 15 is 0 Å². The molecule has 6 heteroatoms. The van der Waals surface area contributed by atoms with Gasteiger partial charge in [0.2, 0.25) is 0 Å². The van der Waals surface area contributed by atoms with Crippen molar-refractivity contribution >= 4 is 40.4 Å². The highest BCUT2D eigenvalue weighted by molar-refractivity contribution is 8.23. The summed E-state index contributed by atoms with van der Waals surface area (Å²) in [5, 5.41) is 5.40. The molecule has 1 saturated heterocycles. The molecule has 0 aliphatic carbocycles. The first-order valence-corrected chi connectivity index (χ1v) is 8.22. The summed E-state index contributed by atoms with van der Waals surface area (Å²) >= 11 is 6.39. The standard InChI is InChI=1S/C15H18N2O2S2/c1-11(2)7-8-19-13-5-3-12(4-6-13)9-16-17-14(18)10-21-15(17)20/h3-6,9,11H,7-8,10H2,1-2H3. The lowest BCUT2D eigenvalue weighted by Crippen LogP contribution is -2.22. The number of benzene rings is 1. The minimum Gasteiger partial charge on any atom is -0.494 e. The van der Waals surface area contributed by atoms with E-state index in [0.29, 0.717) is 16.0 Å². The predicted molar refractivity (Wildman–Crippen MR) is 90.9 cm³/mol. The Morgan fingerprint density at radius 1 is 1.43 bits per heavy atom. The second-order valence-electron chi connectivity index (χ2n) is 5.10. The number of hydrazone groups is 1. The molecule has 0 atom stereocenters. The Kier molecular flexibility index (Phi) is 5.76. The zero-order valence-corrected chi connectivity index (χ0v) is 13.7. The minimum atomic E-state index is -0.0742. The average molecular weight is 322 g/mol. The van der Waals surface area contributed by atoms with Crippen molar-refractivity contribution < 1.29 is 9.53 Å². The summed E-state index contributed by atoms with van der Waals surface area (Å²) in [5.74, 6) is 1.78. The Balaban J connectivity index is 1.90. The second-order valence-corrected chi connectivity index (χ2v) is 6.71. The molecule has 1 amide bonds. The molecule has 1 aromatic rings. The van der Waals surface area contributed by atoms with E-state index in [-0.39, 0.29) is 5.91 Å². The summed E-state index contributed by atoms with van der Waals surface area (Å²) in [6.45, 7) is 5.06. The smallest absolute Gasteiger partial charge is 0.259 e. The Morgan fingerprint density at radius 2 is 2.14 bits per heavy atom. The number of thiocarbonyl (C=S) groups is 1. The lowest BCUT2D eigenvalue weighted by atomic mass is 10.1. The number of rotatable bonds is 6. The van der Waals surface area contributed by atoms with Crippen LogP contribution in [0.15, 0.2) is 29.4 Å². The molecule has 4 nitrogen and oxygen atoms in total. The summed E-state index contributed by atoms with van der Waals surface area (Å²) in [4.78, 5) is 11.5. The van der Waals surface area contributed by atoms with Gasteiger partial charge < -0.3 is 4.74 Å². The van der Waals surface area contributed by atoms with E-state index in [0.717, 1.165) is 24.3 Å². The first-order chi connectivity index (χ1) is 10.1. The highest BCUT2D eigenvalue weighted by Crippen LogP contribution is 2.19. The lowest BCUT2D eigenvalue weighted by Gasteiger charge is -2.08. The molecule has 0 radical (unpaired) electrons. The number of hydrogen-bond acceptors (Lipinski definition) is 5. The van der Waals surface area contributed by atoms with Gasteiger partial charge in [-0.15, -0.1) is 0 Å². The molecule has 1 fully saturated rings. The average Bonchev–Trinajstić information content (AvgIpc) is 2.77. The van der Waals surface area contributed by atoms with Crippen molar-refractivity contribution in [3.8, 4) is 5.75 Å². The van der Waals surface area contributed by atoms with Crippen LogP contribution in [0.2, 0.25) is 0 Å². The van der Waals surface area contributed by atoms with Crippen molar-refractivity contribution in [3.05, 3.63) is 29.8 Å². The SMILES string of the molecule is CC(C)CCOc1ccc(C=NN2C(=O)CSC2=S)cc1. The summed E-state index contributed by atoms with van der Waals surface area (Å²) in [6, 6.07) is 7.62. The maximum Gasteiger partial charge on any atom is 0.259 e. The van der Waals surface area contributed by atoms with Gasteiger partial charge >= 0.3 is 0 Å². The second kappa shape index (κ2) is 7.56. The fourth-order valence-corrected chi connectivity index (χ4v) is 2.61. The fraction of sp³-hybridized carbons (Fsp3) is 0.400. The molecule has 21 heavy (non-hydrogen) atoms. The zero-order chi connectivity index (χ0) is 15.2. The number of carbonyl (C=O) groups is 1. The van der Waals surface area contributed by atoms with Gasteiger partial charge in [0.05, 0.1) is 18.6 Å². The van der Waals surface area contributed by atoms with Crippen molar-refractivity contribution in [2.45, 2.75) is 20.3 Å². The summed E-state index contributed by atoms with van der Waals surface area (Å²) in [7, 11) is 0. The highest BCUT2D eigenvalue weighted by Gasteiger charge is 2.25. The molecule has 2 rings (SSSR count). The van der Waals surface area contributed by atoms with Crippen molar-refractivity contribution in [2.75, 3.05) is 12.4 Å². The van der Waals surface area contributed by atoms with Gasteiger partial charge in [-0.2, -0.15) is 10.1 Å². The first kappa shape index (κ1) is 16.0. The van der Waals surface area contributed by atoms with Gasteiger partial charge in [0.25, 0.3) is 5.91 Å². The lowest BCUT2D eigenvalue weighted by molar-refractivity contribution is -0.123. The van der Waals surface area contributed by atoms with E-state index < -0.39 is 0 Å². The van der Waals surface area contributed by atoms with Crippen LogP contribution in [-0.4, -0.2) is 33.8 Å². The van der Waals surface area contributed by atoms with E-state index in [9.17, 15) is 4.79 Å². The van der Waals surface area contributed by atoms with E-state index in [1.165, 1.54) is 16.8 Å². The van der Waals surface area contributed by atoms with E-state index in [1.807, 2.05) is 24.3 Å². The summed E-state index contributed by atoms with van der Waals surface area (Å²) < 4.78 is 6.16. The molecule has 1 aromatic carbocycles. The summed E-state index contributed by atoms with van der Waals surface area (Å²) in [5.41, 5.74) is 0.902. The van der Waals surface area contributed by atoms with Gasteiger partial charge in [0, 0.05) is 0 Å². The normalized spacial score (nSPS) is 15.5. The third kappa shape index (κ3) is 4.82. The van der Waals surface area contributed by atoms with Crippen LogP contribution in [-0.2, 0) is 4.79 Å². The van der Waals surface area contributed by atoms with Gasteiger partial charge in [0.15, 0.2) is 4.32 Å². The Labute approximate surface area is 134 Å². The van der Waals surface area contributed by atoms with E-state index in [2.05, 4.69) is 18.9 Å². The third-order valence-electron chi connectivity index (χ3n) is 2.89. The monoisotopic (exact) mass is 322 g/mol. The highest BCUT2D eigenvalue weighted by atomic mass is 32.2. The molecule has 0 saturated carbocycles. The molecule has 0 spiro atoms. The van der Waals surface area contributed by atoms with Crippen LogP contribution in [0.1, 0.15) is 25.8 Å². The van der Waals surface area contributed by atoms with Crippen LogP contribution in [0.5, 0.6) is 5.75 Å². The number of nitrogens with zero attached hydrogens (tertiary/aromatic N) is 2. The topological polar surface area (TPSA) is 41.9 Å². The molecule has 0 aromatic heterocycles. The number of amides is 1. The van der Waals surface area contributed by atoms with Crippen molar-refractivity contribution in [1.29, 1.82) is 0 Å². The molecular weight excluding hydrogens is 304 g/mol. The van der Waals surface area contributed by atoms with Gasteiger partial charge in [-0.3, -0.25) is 4.79 Å². The maximum atomic E-state index is 11.5. The molecule has 1 aliphatic heterocycles. The van der Waals surface area contributed by atoms with Crippen LogP contribution in [0, 0.1) is 5.92 Å². The quantitative estimate of drug-likeness (QED) is 0.595. The van der Waals surface area contributed by atoms with Crippen LogP contribution >= 0.6 is 24.0 Å². The summed E-state index contributed by atoms with van der Waals surface area (Å²) in [6.07, 6.45) is 2.67. The number of thioether (sulfide) groups is 1. The Hall–Kier alpha value is -1.40. The van der Waals surface area contributed by atoms with Gasteiger partial charge in [-0.25, -0.2) is 0 Å². The van der Waals surface area contributed by atoms with Crippen molar-refractivity contribution in [2.24, 2.45) is 11.0 Å². The van der Waals surface area contributed by atoms with E-state index in [4.69, 9.17) is 17.0 Å². The van der Waals surface area contributed by atoms with Crippen molar-refractivity contribution in [1.82, 2.24) is 5.01 Å². The Bertz CT molecular complexity index is 525. The Morgan fingerprint density at radius 3 is 2.71 bits per heavy atom. The van der Waals surface area contributed by atoms with Crippen molar-refractivity contribution in [3.63, 3.8) is 0 Å². The first-order valence-electron chi connectivity index (χ1n) is 6.83. The fourth-order valence-electron chi connectivity index (χ4n) is 1.65. The number of hydrogen-bond donors (Lipinski definition) is 0. The largest absolute Gasteiger partial charge is 0.494 e. The minimum absolute atomic E-state index is 0.0742. The number of carbonyl (C=O) groups excluding carboxylic acids is 1. The van der Waals surface area contributed by atoms with Crippen LogP contribution in [0.25, 0.3) is 0 Å². The van der Waals surface area contributed by atoms with Crippen LogP contribution in [0.4, 0.5) is 0 Å². The molecule has 0 N–H and O–H groups in total. The molecular formula is C15H18N2O2S2. The number of ether oxygens (including phenoxy) is 1. The molecule has 0 unspecified atom stereocenters. The molecule has 1 heterocycles. The zero-order valence-electron chi connectivity index (χ0n) is 12.1. The maximum absolute atomic E-state index is 11.5. The predicted octanol–water partition coefficient (Wildman–Crippen LogP) is 3.31. The van der Waals surface area contributed by atoms with Crippen LogP contribution < -0.4 is 4.74 Å².